The normalized spacial score (nSPS) is 22.3. The second-order valence-corrected chi connectivity index (χ2v) is 8.62. The van der Waals surface area contributed by atoms with Crippen LogP contribution in [0.25, 0.3) is 16.5 Å². The molecule has 3 atom stereocenters. The Balaban J connectivity index is 1.26. The van der Waals surface area contributed by atoms with Gasteiger partial charge >= 0.3 is 0 Å². The number of fused-ring (bicyclic) bond motifs is 1. The maximum atomic E-state index is 13.3. The first-order valence-corrected chi connectivity index (χ1v) is 11.3. The number of hydrogen-bond acceptors (Lipinski definition) is 6. The number of hydrogen-bond donors (Lipinski definition) is 3. The fourth-order valence-electron chi connectivity index (χ4n) is 4.69. The van der Waals surface area contributed by atoms with E-state index in [9.17, 15) is 14.8 Å². The summed E-state index contributed by atoms with van der Waals surface area (Å²) in [5.74, 6) is -0.862. The van der Waals surface area contributed by atoms with Crippen molar-refractivity contribution < 1.29 is 19.5 Å². The molecule has 8 nitrogen and oxygen atoms in total. The summed E-state index contributed by atoms with van der Waals surface area (Å²) in [7, 11) is 0. The van der Waals surface area contributed by atoms with Crippen LogP contribution >= 0.6 is 0 Å². The molecule has 0 bridgehead atoms. The molecule has 2 aliphatic heterocycles. The van der Waals surface area contributed by atoms with E-state index in [0.717, 1.165) is 22.0 Å². The van der Waals surface area contributed by atoms with E-state index in [-0.39, 0.29) is 12.0 Å². The molecule has 0 radical (unpaired) electrons. The molecule has 174 valence electrons. The quantitative estimate of drug-likeness (QED) is 0.401. The molecule has 34 heavy (non-hydrogen) atoms. The highest BCUT2D eigenvalue weighted by Crippen LogP contribution is 2.27. The predicted molar refractivity (Wildman–Crippen MR) is 127 cm³/mol. The number of pyridine rings is 1. The number of carbonyl (C=O) groups excluding carboxylic acids is 2. The summed E-state index contributed by atoms with van der Waals surface area (Å²) >= 11 is 0. The smallest absolute Gasteiger partial charge is 0.248 e. The lowest BCUT2D eigenvalue weighted by Crippen LogP contribution is -2.60. The first kappa shape index (κ1) is 22.1. The SMILES string of the molecule is O=C(NO)C1CC(Oc2ccc3ncccc3c2)CNC1C(=O)N1CC=C(c2ccccc2)C1. The number of nitrogens with zero attached hydrogens (tertiary/aromatic N) is 2. The van der Waals surface area contributed by atoms with Crippen LogP contribution in [0.4, 0.5) is 0 Å². The van der Waals surface area contributed by atoms with Crippen molar-refractivity contribution in [2.24, 2.45) is 5.92 Å². The van der Waals surface area contributed by atoms with E-state index in [1.165, 1.54) is 0 Å². The van der Waals surface area contributed by atoms with E-state index in [4.69, 9.17) is 4.74 Å². The zero-order valence-electron chi connectivity index (χ0n) is 18.6. The molecule has 0 saturated carbocycles. The van der Waals surface area contributed by atoms with Gasteiger partial charge in [0.05, 0.1) is 17.5 Å². The highest BCUT2D eigenvalue weighted by atomic mass is 16.5. The second-order valence-electron chi connectivity index (χ2n) is 8.62. The van der Waals surface area contributed by atoms with Crippen molar-refractivity contribution in [1.29, 1.82) is 0 Å². The van der Waals surface area contributed by atoms with Gasteiger partial charge in [0.15, 0.2) is 0 Å². The maximum Gasteiger partial charge on any atom is 0.248 e. The molecule has 1 fully saturated rings. The zero-order chi connectivity index (χ0) is 23.5. The minimum Gasteiger partial charge on any atom is -0.489 e. The van der Waals surface area contributed by atoms with Gasteiger partial charge in [-0.05, 0) is 41.8 Å². The zero-order valence-corrected chi connectivity index (χ0v) is 18.6. The molecule has 3 heterocycles. The lowest BCUT2D eigenvalue weighted by Gasteiger charge is -2.36. The van der Waals surface area contributed by atoms with Crippen molar-refractivity contribution in [3.8, 4) is 5.75 Å². The molecule has 2 aromatic carbocycles. The fraction of sp³-hybridized carbons (Fsp3) is 0.269. The molecule has 3 aromatic rings. The molecule has 2 amide bonds. The first-order chi connectivity index (χ1) is 16.6. The lowest BCUT2D eigenvalue weighted by molar-refractivity contribution is -0.144. The summed E-state index contributed by atoms with van der Waals surface area (Å²) in [6.45, 7) is 1.38. The number of rotatable bonds is 5. The van der Waals surface area contributed by atoms with E-state index in [0.29, 0.717) is 31.8 Å². The van der Waals surface area contributed by atoms with Crippen LogP contribution in [0.15, 0.2) is 72.9 Å². The van der Waals surface area contributed by atoms with Crippen LogP contribution in [0.2, 0.25) is 0 Å². The number of benzene rings is 2. The number of hydroxylamine groups is 1. The van der Waals surface area contributed by atoms with Crippen molar-refractivity contribution in [3.05, 3.63) is 78.5 Å². The fourth-order valence-corrected chi connectivity index (χ4v) is 4.69. The Hall–Kier alpha value is -3.75. The average molecular weight is 459 g/mol. The molecular formula is C26H26N4O4. The minimum atomic E-state index is -0.765. The van der Waals surface area contributed by atoms with E-state index in [2.05, 4.69) is 10.3 Å². The molecule has 1 aromatic heterocycles. The van der Waals surface area contributed by atoms with Crippen LogP contribution in [0, 0.1) is 5.92 Å². The molecule has 2 aliphatic rings. The molecule has 0 aliphatic carbocycles. The minimum absolute atomic E-state index is 0.161. The molecule has 3 N–H and O–H groups in total. The molecule has 5 rings (SSSR count). The number of ether oxygens (including phenoxy) is 1. The summed E-state index contributed by atoms with van der Waals surface area (Å²) in [6.07, 6.45) is 3.74. The van der Waals surface area contributed by atoms with Gasteiger partial charge in [0, 0.05) is 31.2 Å². The summed E-state index contributed by atoms with van der Waals surface area (Å²) in [6, 6.07) is 18.6. The van der Waals surface area contributed by atoms with Crippen LogP contribution in [0.1, 0.15) is 12.0 Å². The van der Waals surface area contributed by atoms with Crippen molar-refractivity contribution in [3.63, 3.8) is 0 Å². The summed E-state index contributed by atoms with van der Waals surface area (Å²) in [5.41, 5.74) is 4.76. The monoisotopic (exact) mass is 458 g/mol. The van der Waals surface area contributed by atoms with Crippen molar-refractivity contribution >= 4 is 28.3 Å². The topological polar surface area (TPSA) is 104 Å². The standard InChI is InChI=1S/C26H26N4O4/c31-25(29-33)22-14-21(34-20-8-9-23-18(13-20)7-4-11-27-23)15-28-24(22)26(32)30-12-10-19(16-30)17-5-2-1-3-6-17/h1-11,13,21-22,24,28,33H,12,14-16H2,(H,29,31). The first-order valence-electron chi connectivity index (χ1n) is 11.3. The Morgan fingerprint density at radius 2 is 1.97 bits per heavy atom. The van der Waals surface area contributed by atoms with E-state index in [1.54, 1.807) is 16.6 Å². The Morgan fingerprint density at radius 3 is 2.79 bits per heavy atom. The lowest BCUT2D eigenvalue weighted by atomic mass is 9.87. The summed E-state index contributed by atoms with van der Waals surface area (Å²) in [5, 5.41) is 13.5. The Labute approximate surface area is 197 Å². The highest BCUT2D eigenvalue weighted by Gasteiger charge is 2.42. The maximum absolute atomic E-state index is 13.3. The van der Waals surface area contributed by atoms with Gasteiger partial charge in [-0.3, -0.25) is 19.8 Å². The van der Waals surface area contributed by atoms with Gasteiger partial charge in [0.1, 0.15) is 11.9 Å². The largest absolute Gasteiger partial charge is 0.489 e. The van der Waals surface area contributed by atoms with Gasteiger partial charge in [0.25, 0.3) is 0 Å². The Morgan fingerprint density at radius 1 is 1.12 bits per heavy atom. The van der Waals surface area contributed by atoms with Crippen LogP contribution < -0.4 is 15.5 Å². The van der Waals surface area contributed by atoms with Crippen LogP contribution in [-0.2, 0) is 9.59 Å². The number of aromatic nitrogens is 1. The number of amides is 2. The van der Waals surface area contributed by atoms with Crippen LogP contribution in [0.5, 0.6) is 5.75 Å². The van der Waals surface area contributed by atoms with Crippen molar-refractivity contribution in [1.82, 2.24) is 20.7 Å². The average Bonchev–Trinajstić information content (AvgIpc) is 3.39. The van der Waals surface area contributed by atoms with Gasteiger partial charge in [-0.15, -0.1) is 0 Å². The van der Waals surface area contributed by atoms with Gasteiger partial charge in [-0.1, -0.05) is 42.5 Å². The summed E-state index contributed by atoms with van der Waals surface area (Å²) < 4.78 is 6.13. The molecule has 8 heteroatoms. The van der Waals surface area contributed by atoms with E-state index >= 15 is 0 Å². The van der Waals surface area contributed by atoms with E-state index < -0.39 is 17.9 Å². The van der Waals surface area contributed by atoms with Crippen molar-refractivity contribution in [2.45, 2.75) is 18.6 Å². The highest BCUT2D eigenvalue weighted by molar-refractivity contribution is 5.92. The second kappa shape index (κ2) is 9.62. The molecule has 3 unspecified atom stereocenters. The van der Waals surface area contributed by atoms with Gasteiger partial charge in [-0.25, -0.2) is 5.48 Å². The number of carbonyl (C=O) groups is 2. The Bertz CT molecular complexity index is 1230. The Kier molecular flexibility index (Phi) is 6.24. The van der Waals surface area contributed by atoms with Gasteiger partial charge < -0.3 is 15.0 Å². The summed E-state index contributed by atoms with van der Waals surface area (Å²) in [4.78, 5) is 31.9. The third-order valence-corrected chi connectivity index (χ3v) is 6.45. The molecule has 0 spiro atoms. The van der Waals surface area contributed by atoms with Crippen molar-refractivity contribution in [2.75, 3.05) is 19.6 Å². The van der Waals surface area contributed by atoms with E-state index in [1.807, 2.05) is 66.7 Å². The number of piperidine rings is 1. The third kappa shape index (κ3) is 4.50. The molecular weight excluding hydrogens is 432 g/mol. The number of nitrogens with one attached hydrogen (secondary N) is 2. The molecule has 1 saturated heterocycles. The predicted octanol–water partition coefficient (Wildman–Crippen LogP) is 2.39. The van der Waals surface area contributed by atoms with Gasteiger partial charge in [-0.2, -0.15) is 0 Å². The van der Waals surface area contributed by atoms with Gasteiger partial charge in [0.2, 0.25) is 11.8 Å². The van der Waals surface area contributed by atoms with Crippen LogP contribution in [0.3, 0.4) is 0 Å². The van der Waals surface area contributed by atoms with Crippen LogP contribution in [-0.4, -0.2) is 58.7 Å². The third-order valence-electron chi connectivity index (χ3n) is 6.45.